The number of carbonyl (C=O) groups is 3. The van der Waals surface area contributed by atoms with Crippen molar-refractivity contribution < 1.29 is 19.1 Å². The van der Waals surface area contributed by atoms with Crippen LogP contribution in [0.4, 0.5) is 10.5 Å². The van der Waals surface area contributed by atoms with Crippen molar-refractivity contribution in [1.82, 2.24) is 10.2 Å². The molecule has 7 heteroatoms. The maximum absolute atomic E-state index is 12.8. The number of hydrogen-bond donors (Lipinski definition) is 2. The van der Waals surface area contributed by atoms with Gasteiger partial charge in [-0.15, -0.1) is 0 Å². The summed E-state index contributed by atoms with van der Waals surface area (Å²) >= 11 is 0. The smallest absolute Gasteiger partial charge is 0.337 e. The molecule has 0 aromatic heterocycles. The number of allylic oxidation sites excluding steroid dienone is 1. The topological polar surface area (TPSA) is 87.7 Å². The van der Waals surface area contributed by atoms with E-state index >= 15 is 0 Å². The summed E-state index contributed by atoms with van der Waals surface area (Å²) in [6.07, 6.45) is 8.20. The summed E-state index contributed by atoms with van der Waals surface area (Å²) < 4.78 is 5.03. The van der Waals surface area contributed by atoms with Crippen LogP contribution < -0.4 is 10.6 Å². The molecule has 2 N–H and O–H groups in total. The maximum Gasteiger partial charge on any atom is 0.337 e. The highest BCUT2D eigenvalue weighted by molar-refractivity contribution is 5.95. The standard InChI is InChI=1S/C25H35N3O4/c1-4-5-15-28-17(2)22(24(30)32-3)23(27-25(28)31)19-11-8-12-20(16-19)26-21(29)14-13-18-9-6-7-10-18/h8,11-12,16,18,23H,4-7,9-10,13-15H2,1-3H3,(H,26,29)(H,27,31). The number of benzene rings is 1. The van der Waals surface area contributed by atoms with Crippen LogP contribution in [0.1, 0.15) is 76.8 Å². The van der Waals surface area contributed by atoms with Crippen LogP contribution in [0.2, 0.25) is 0 Å². The molecule has 2 aliphatic rings. The van der Waals surface area contributed by atoms with E-state index in [2.05, 4.69) is 17.6 Å². The number of nitrogens with one attached hydrogen (secondary N) is 2. The Balaban J connectivity index is 1.78. The highest BCUT2D eigenvalue weighted by atomic mass is 16.5. The zero-order valence-electron chi connectivity index (χ0n) is 19.4. The fourth-order valence-corrected chi connectivity index (χ4v) is 4.64. The Morgan fingerprint density at radius 3 is 2.69 bits per heavy atom. The van der Waals surface area contributed by atoms with Crippen molar-refractivity contribution in [2.24, 2.45) is 5.92 Å². The van der Waals surface area contributed by atoms with Crippen molar-refractivity contribution in [1.29, 1.82) is 0 Å². The normalized spacial score (nSPS) is 19.2. The lowest BCUT2D eigenvalue weighted by Gasteiger charge is -2.35. The Labute approximate surface area is 190 Å². The molecule has 3 amide bonds. The molecular formula is C25H35N3O4. The molecule has 0 bridgehead atoms. The fourth-order valence-electron chi connectivity index (χ4n) is 4.64. The average molecular weight is 442 g/mol. The van der Waals surface area contributed by atoms with Crippen molar-refractivity contribution >= 4 is 23.6 Å². The van der Waals surface area contributed by atoms with Gasteiger partial charge in [-0.1, -0.05) is 51.2 Å². The van der Waals surface area contributed by atoms with Gasteiger partial charge in [0, 0.05) is 24.4 Å². The molecule has 1 atom stereocenters. The number of unbranched alkanes of at least 4 members (excludes halogenated alkanes) is 1. The van der Waals surface area contributed by atoms with Gasteiger partial charge >= 0.3 is 12.0 Å². The van der Waals surface area contributed by atoms with Crippen LogP contribution in [0.15, 0.2) is 35.5 Å². The van der Waals surface area contributed by atoms with E-state index in [-0.39, 0.29) is 11.9 Å². The number of nitrogens with zero attached hydrogens (tertiary/aromatic N) is 1. The third-order valence-corrected chi connectivity index (χ3v) is 6.49. The van der Waals surface area contributed by atoms with E-state index in [0.717, 1.165) is 24.8 Å². The van der Waals surface area contributed by atoms with Crippen molar-refractivity contribution in [3.8, 4) is 0 Å². The van der Waals surface area contributed by atoms with E-state index in [4.69, 9.17) is 4.74 Å². The van der Waals surface area contributed by atoms with E-state index in [1.807, 2.05) is 24.3 Å². The van der Waals surface area contributed by atoms with Crippen molar-refractivity contribution in [2.75, 3.05) is 19.0 Å². The first-order valence-corrected chi connectivity index (χ1v) is 11.7. The fraction of sp³-hybridized carbons (Fsp3) is 0.560. The molecule has 1 unspecified atom stereocenters. The summed E-state index contributed by atoms with van der Waals surface area (Å²) in [4.78, 5) is 39.5. The molecule has 7 nitrogen and oxygen atoms in total. The Morgan fingerprint density at radius 2 is 2.00 bits per heavy atom. The Kier molecular flexibility index (Phi) is 8.31. The number of urea groups is 1. The minimum absolute atomic E-state index is 0.00705. The van der Waals surface area contributed by atoms with Gasteiger partial charge in [-0.25, -0.2) is 9.59 Å². The second-order valence-corrected chi connectivity index (χ2v) is 8.74. The third-order valence-electron chi connectivity index (χ3n) is 6.49. The van der Waals surface area contributed by atoms with Crippen molar-refractivity contribution in [3.05, 3.63) is 41.1 Å². The van der Waals surface area contributed by atoms with Gasteiger partial charge in [0.15, 0.2) is 0 Å². The number of anilines is 1. The second-order valence-electron chi connectivity index (χ2n) is 8.74. The summed E-state index contributed by atoms with van der Waals surface area (Å²) in [7, 11) is 1.34. The molecule has 1 fully saturated rings. The zero-order chi connectivity index (χ0) is 23.1. The molecule has 0 radical (unpaired) electrons. The number of rotatable bonds is 9. The number of hydrogen-bond acceptors (Lipinski definition) is 4. The van der Waals surface area contributed by atoms with Gasteiger partial charge in [0.05, 0.1) is 18.7 Å². The minimum atomic E-state index is -0.636. The van der Waals surface area contributed by atoms with E-state index in [0.29, 0.717) is 35.8 Å². The lowest BCUT2D eigenvalue weighted by molar-refractivity contribution is -0.136. The number of methoxy groups -OCH3 is 1. The van der Waals surface area contributed by atoms with Crippen LogP contribution >= 0.6 is 0 Å². The average Bonchev–Trinajstić information content (AvgIpc) is 3.31. The molecule has 1 aromatic rings. The second kappa shape index (κ2) is 11.2. The first-order chi connectivity index (χ1) is 15.4. The Morgan fingerprint density at radius 1 is 1.25 bits per heavy atom. The van der Waals surface area contributed by atoms with Crippen LogP contribution in [-0.2, 0) is 14.3 Å². The van der Waals surface area contributed by atoms with Gasteiger partial charge < -0.3 is 15.4 Å². The van der Waals surface area contributed by atoms with Crippen LogP contribution in [0.25, 0.3) is 0 Å². The van der Waals surface area contributed by atoms with E-state index < -0.39 is 12.0 Å². The van der Waals surface area contributed by atoms with Gasteiger partial charge in [-0.3, -0.25) is 9.69 Å². The number of carbonyl (C=O) groups excluding carboxylic acids is 3. The number of ether oxygens (including phenoxy) is 1. The highest BCUT2D eigenvalue weighted by Crippen LogP contribution is 2.33. The largest absolute Gasteiger partial charge is 0.466 e. The van der Waals surface area contributed by atoms with Crippen molar-refractivity contribution in [2.45, 2.75) is 71.3 Å². The van der Waals surface area contributed by atoms with E-state index in [9.17, 15) is 14.4 Å². The summed E-state index contributed by atoms with van der Waals surface area (Å²) in [6, 6.07) is 6.43. The third kappa shape index (κ3) is 5.69. The maximum atomic E-state index is 12.8. The van der Waals surface area contributed by atoms with Gasteiger partial charge in [-0.2, -0.15) is 0 Å². The predicted octanol–water partition coefficient (Wildman–Crippen LogP) is 4.91. The Hall–Kier alpha value is -2.83. The van der Waals surface area contributed by atoms with Crippen LogP contribution in [-0.4, -0.2) is 36.5 Å². The van der Waals surface area contributed by atoms with Crippen LogP contribution in [0.3, 0.4) is 0 Å². The molecule has 1 heterocycles. The first kappa shape index (κ1) is 23.8. The molecule has 32 heavy (non-hydrogen) atoms. The molecule has 1 saturated carbocycles. The summed E-state index contributed by atoms with van der Waals surface area (Å²) in [5.41, 5.74) is 2.39. The zero-order valence-corrected chi connectivity index (χ0v) is 19.4. The quantitative estimate of drug-likeness (QED) is 0.533. The number of amides is 3. The molecular weight excluding hydrogens is 406 g/mol. The molecule has 1 aliphatic carbocycles. The van der Waals surface area contributed by atoms with Crippen molar-refractivity contribution in [3.63, 3.8) is 0 Å². The highest BCUT2D eigenvalue weighted by Gasteiger charge is 2.36. The molecule has 0 spiro atoms. The molecule has 0 saturated heterocycles. The lowest BCUT2D eigenvalue weighted by atomic mass is 9.94. The Bertz CT molecular complexity index is 874. The molecule has 3 rings (SSSR count). The van der Waals surface area contributed by atoms with E-state index in [1.165, 1.54) is 32.8 Å². The van der Waals surface area contributed by atoms with Gasteiger partial charge in [0.25, 0.3) is 0 Å². The van der Waals surface area contributed by atoms with Gasteiger partial charge in [0.1, 0.15) is 0 Å². The van der Waals surface area contributed by atoms with Crippen LogP contribution in [0, 0.1) is 5.92 Å². The molecule has 1 aliphatic heterocycles. The SMILES string of the molecule is CCCCN1C(=O)NC(c2cccc(NC(=O)CCC3CCCC3)c2)C(C(=O)OC)=C1C. The molecule has 1 aromatic carbocycles. The van der Waals surface area contributed by atoms with Gasteiger partial charge in [0.2, 0.25) is 5.91 Å². The minimum Gasteiger partial charge on any atom is -0.466 e. The summed E-state index contributed by atoms with van der Waals surface area (Å²) in [6.45, 7) is 4.37. The summed E-state index contributed by atoms with van der Waals surface area (Å²) in [5.74, 6) is 0.184. The molecule has 174 valence electrons. The predicted molar refractivity (Wildman–Crippen MR) is 124 cm³/mol. The van der Waals surface area contributed by atoms with Gasteiger partial charge in [-0.05, 0) is 43.4 Å². The van der Waals surface area contributed by atoms with Crippen LogP contribution in [0.5, 0.6) is 0 Å². The summed E-state index contributed by atoms with van der Waals surface area (Å²) in [5, 5.41) is 5.91. The first-order valence-electron chi connectivity index (χ1n) is 11.7. The monoisotopic (exact) mass is 441 g/mol. The lowest BCUT2D eigenvalue weighted by Crippen LogP contribution is -2.48. The van der Waals surface area contributed by atoms with E-state index in [1.54, 1.807) is 11.8 Å². The number of esters is 1.